The first-order valence-electron chi connectivity index (χ1n) is 6.68. The first-order chi connectivity index (χ1) is 9.78. The summed E-state index contributed by atoms with van der Waals surface area (Å²) in [5.41, 5.74) is 3.07. The number of fused-ring (bicyclic) bond motifs is 1. The summed E-state index contributed by atoms with van der Waals surface area (Å²) in [5, 5.41) is 6.13. The van der Waals surface area contributed by atoms with E-state index in [0.717, 1.165) is 17.3 Å². The number of hydrogen-bond acceptors (Lipinski definition) is 2. The van der Waals surface area contributed by atoms with Crippen LogP contribution in [0, 0.1) is 0 Å². The van der Waals surface area contributed by atoms with Crippen LogP contribution in [-0.4, -0.2) is 10.9 Å². The van der Waals surface area contributed by atoms with Crippen molar-refractivity contribution in [3.63, 3.8) is 0 Å². The van der Waals surface area contributed by atoms with E-state index in [4.69, 9.17) is 0 Å². The Balaban J connectivity index is 1.72. The van der Waals surface area contributed by atoms with Gasteiger partial charge in [-0.15, -0.1) is 11.3 Å². The van der Waals surface area contributed by atoms with Crippen molar-refractivity contribution >= 4 is 28.1 Å². The molecule has 1 aromatic carbocycles. The molecule has 0 aliphatic rings. The Morgan fingerprint density at radius 1 is 1.30 bits per heavy atom. The minimum atomic E-state index is -0.0245. The molecule has 0 fully saturated rings. The number of carbonyl (C=O) groups is 1. The lowest BCUT2D eigenvalue weighted by Crippen LogP contribution is -2.22. The maximum absolute atomic E-state index is 12.2. The van der Waals surface area contributed by atoms with E-state index in [9.17, 15) is 4.79 Å². The van der Waals surface area contributed by atoms with Crippen molar-refractivity contribution in [3.8, 4) is 0 Å². The van der Waals surface area contributed by atoms with Crippen molar-refractivity contribution in [2.24, 2.45) is 0 Å². The van der Waals surface area contributed by atoms with Crippen LogP contribution in [-0.2, 0) is 13.0 Å². The highest BCUT2D eigenvalue weighted by molar-refractivity contribution is 7.10. The van der Waals surface area contributed by atoms with Gasteiger partial charge in [-0.1, -0.05) is 6.92 Å². The fourth-order valence-electron chi connectivity index (χ4n) is 2.29. The second kappa shape index (κ2) is 5.51. The van der Waals surface area contributed by atoms with E-state index < -0.39 is 0 Å². The van der Waals surface area contributed by atoms with Crippen LogP contribution in [0.5, 0.6) is 0 Å². The minimum Gasteiger partial charge on any atom is -0.361 e. The van der Waals surface area contributed by atoms with Crippen LogP contribution >= 0.6 is 11.3 Å². The Kier molecular flexibility index (Phi) is 3.56. The normalized spacial score (nSPS) is 10.8. The van der Waals surface area contributed by atoms with Crippen LogP contribution in [0.1, 0.15) is 27.7 Å². The molecule has 0 radical (unpaired) electrons. The average Bonchev–Trinajstić information content (AvgIpc) is 3.12. The fourth-order valence-corrected chi connectivity index (χ4v) is 3.21. The number of thiophene rings is 1. The summed E-state index contributed by atoms with van der Waals surface area (Å²) in [6.45, 7) is 2.73. The number of benzene rings is 1. The number of hydrogen-bond donors (Lipinski definition) is 2. The molecule has 0 atom stereocenters. The first-order valence-corrected chi connectivity index (χ1v) is 7.56. The highest BCUT2D eigenvalue weighted by Gasteiger charge is 2.08. The maximum atomic E-state index is 12.2. The van der Waals surface area contributed by atoms with Crippen molar-refractivity contribution in [2.45, 2.75) is 19.9 Å². The molecular weight excluding hydrogens is 268 g/mol. The van der Waals surface area contributed by atoms with Crippen LogP contribution in [0.4, 0.5) is 0 Å². The molecule has 102 valence electrons. The lowest BCUT2D eigenvalue weighted by molar-refractivity contribution is 0.0951. The second-order valence-electron chi connectivity index (χ2n) is 4.68. The standard InChI is InChI=1S/C16H16N2OS/c1-2-11-6-8-20-15(11)10-18-16(19)13-3-4-14-12(9-13)5-7-17-14/h3-9,17H,2,10H2,1H3,(H,18,19). The monoisotopic (exact) mass is 284 g/mol. The van der Waals surface area contributed by atoms with E-state index in [1.54, 1.807) is 11.3 Å². The van der Waals surface area contributed by atoms with Gasteiger partial charge in [-0.3, -0.25) is 4.79 Å². The molecule has 3 rings (SSSR count). The smallest absolute Gasteiger partial charge is 0.251 e. The predicted molar refractivity (Wildman–Crippen MR) is 83.2 cm³/mol. The lowest BCUT2D eigenvalue weighted by Gasteiger charge is -2.06. The molecule has 0 unspecified atom stereocenters. The maximum Gasteiger partial charge on any atom is 0.251 e. The number of amides is 1. The van der Waals surface area contributed by atoms with Crippen molar-refractivity contribution in [1.29, 1.82) is 0 Å². The number of carbonyl (C=O) groups excluding carboxylic acids is 1. The van der Waals surface area contributed by atoms with Gasteiger partial charge in [0, 0.05) is 27.5 Å². The van der Waals surface area contributed by atoms with E-state index in [-0.39, 0.29) is 5.91 Å². The van der Waals surface area contributed by atoms with Gasteiger partial charge < -0.3 is 10.3 Å². The van der Waals surface area contributed by atoms with Crippen LogP contribution in [0.25, 0.3) is 10.9 Å². The van der Waals surface area contributed by atoms with Crippen molar-refractivity contribution < 1.29 is 4.79 Å². The summed E-state index contributed by atoms with van der Waals surface area (Å²) in [7, 11) is 0. The number of rotatable bonds is 4. The van der Waals surface area contributed by atoms with Gasteiger partial charge in [-0.05, 0) is 47.7 Å². The van der Waals surface area contributed by atoms with Crippen molar-refractivity contribution in [3.05, 3.63) is 57.9 Å². The highest BCUT2D eigenvalue weighted by Crippen LogP contribution is 2.18. The molecular formula is C16H16N2OS. The Hall–Kier alpha value is -2.07. The lowest BCUT2D eigenvalue weighted by atomic mass is 10.1. The van der Waals surface area contributed by atoms with Gasteiger partial charge in [0.2, 0.25) is 0 Å². The molecule has 3 nitrogen and oxygen atoms in total. The number of aromatic amines is 1. The van der Waals surface area contributed by atoms with Crippen LogP contribution in [0.15, 0.2) is 41.9 Å². The van der Waals surface area contributed by atoms with E-state index in [1.807, 2.05) is 30.5 Å². The van der Waals surface area contributed by atoms with E-state index in [0.29, 0.717) is 12.1 Å². The largest absolute Gasteiger partial charge is 0.361 e. The third kappa shape index (κ3) is 2.47. The highest BCUT2D eigenvalue weighted by atomic mass is 32.1. The zero-order valence-corrected chi connectivity index (χ0v) is 12.1. The molecule has 0 bridgehead atoms. The minimum absolute atomic E-state index is 0.0245. The van der Waals surface area contributed by atoms with Crippen LogP contribution in [0.3, 0.4) is 0 Å². The van der Waals surface area contributed by atoms with Crippen LogP contribution in [0.2, 0.25) is 0 Å². The third-order valence-corrected chi connectivity index (χ3v) is 4.41. The zero-order chi connectivity index (χ0) is 13.9. The molecule has 4 heteroatoms. The number of H-pyrrole nitrogens is 1. The van der Waals surface area contributed by atoms with Gasteiger partial charge in [0.05, 0.1) is 6.54 Å². The third-order valence-electron chi connectivity index (χ3n) is 3.44. The van der Waals surface area contributed by atoms with Gasteiger partial charge in [0.1, 0.15) is 0 Å². The quantitative estimate of drug-likeness (QED) is 0.753. The van der Waals surface area contributed by atoms with E-state index in [1.165, 1.54) is 10.4 Å². The Labute approximate surface area is 121 Å². The summed E-state index contributed by atoms with van der Waals surface area (Å²) < 4.78 is 0. The molecule has 0 saturated heterocycles. The fraction of sp³-hybridized carbons (Fsp3) is 0.188. The van der Waals surface area contributed by atoms with Crippen molar-refractivity contribution in [1.82, 2.24) is 10.3 Å². The number of aryl methyl sites for hydroxylation is 1. The zero-order valence-electron chi connectivity index (χ0n) is 11.3. The van der Waals surface area contributed by atoms with Gasteiger partial charge in [-0.2, -0.15) is 0 Å². The van der Waals surface area contributed by atoms with Crippen molar-refractivity contribution in [2.75, 3.05) is 0 Å². The molecule has 1 amide bonds. The van der Waals surface area contributed by atoms with E-state index >= 15 is 0 Å². The first kappa shape index (κ1) is 12.9. The predicted octanol–water partition coefficient (Wildman–Crippen LogP) is 3.72. The molecule has 0 aliphatic heterocycles. The van der Waals surface area contributed by atoms with Crippen LogP contribution < -0.4 is 5.32 Å². The Bertz CT molecular complexity index is 742. The van der Waals surface area contributed by atoms with Gasteiger partial charge >= 0.3 is 0 Å². The van der Waals surface area contributed by atoms with Gasteiger partial charge in [0.15, 0.2) is 0 Å². The number of aromatic nitrogens is 1. The molecule has 2 aromatic heterocycles. The Morgan fingerprint density at radius 3 is 3.05 bits per heavy atom. The molecule has 3 aromatic rings. The summed E-state index contributed by atoms with van der Waals surface area (Å²) in [4.78, 5) is 16.6. The SMILES string of the molecule is CCc1ccsc1CNC(=O)c1ccc2[nH]ccc2c1. The topological polar surface area (TPSA) is 44.9 Å². The molecule has 2 N–H and O–H groups in total. The molecule has 20 heavy (non-hydrogen) atoms. The van der Waals surface area contributed by atoms with Gasteiger partial charge in [0.25, 0.3) is 5.91 Å². The van der Waals surface area contributed by atoms with Gasteiger partial charge in [-0.25, -0.2) is 0 Å². The van der Waals surface area contributed by atoms with E-state index in [2.05, 4.69) is 28.7 Å². The summed E-state index contributed by atoms with van der Waals surface area (Å²) >= 11 is 1.70. The molecule has 0 spiro atoms. The number of nitrogens with one attached hydrogen (secondary N) is 2. The summed E-state index contributed by atoms with van der Waals surface area (Å²) in [6, 6.07) is 9.80. The molecule has 0 saturated carbocycles. The summed E-state index contributed by atoms with van der Waals surface area (Å²) in [5.74, 6) is -0.0245. The summed E-state index contributed by atoms with van der Waals surface area (Å²) in [6.07, 6.45) is 2.88. The second-order valence-corrected chi connectivity index (χ2v) is 5.69. The average molecular weight is 284 g/mol. The Morgan fingerprint density at radius 2 is 2.20 bits per heavy atom. The molecule has 2 heterocycles. The molecule has 0 aliphatic carbocycles.